The molecule has 2 rings (SSSR count). The lowest BCUT2D eigenvalue weighted by atomic mass is 9.79. The average Bonchev–Trinajstić information content (AvgIpc) is 2.28. The van der Waals surface area contributed by atoms with Crippen LogP contribution in [-0.4, -0.2) is 24.0 Å². The number of rotatable bonds is 1. The lowest BCUT2D eigenvalue weighted by molar-refractivity contribution is 0.322. The summed E-state index contributed by atoms with van der Waals surface area (Å²) in [5.74, 6) is 0.526. The van der Waals surface area contributed by atoms with E-state index in [4.69, 9.17) is 5.21 Å². The van der Waals surface area contributed by atoms with E-state index in [0.717, 1.165) is 17.5 Å². The van der Waals surface area contributed by atoms with Crippen molar-refractivity contribution in [3.8, 4) is 0 Å². The van der Waals surface area contributed by atoms with Gasteiger partial charge in [0.1, 0.15) is 0 Å². The minimum atomic E-state index is 0.186. The maximum absolute atomic E-state index is 8.71. The summed E-state index contributed by atoms with van der Waals surface area (Å²) >= 11 is 0. The lowest BCUT2D eigenvalue weighted by Crippen LogP contribution is -2.45. The molecule has 18 heavy (non-hydrogen) atoms. The highest BCUT2D eigenvalue weighted by molar-refractivity contribution is 5.83. The van der Waals surface area contributed by atoms with Gasteiger partial charge in [0.05, 0.1) is 6.21 Å². The van der Waals surface area contributed by atoms with Crippen LogP contribution in [0.2, 0.25) is 0 Å². The van der Waals surface area contributed by atoms with Gasteiger partial charge in [0.25, 0.3) is 0 Å². The molecule has 1 aromatic rings. The van der Waals surface area contributed by atoms with E-state index in [0.29, 0.717) is 5.92 Å². The molecule has 3 nitrogen and oxygen atoms in total. The topological polar surface area (TPSA) is 35.8 Å². The maximum Gasteiger partial charge on any atom is 0.0736 e. The number of oxime groups is 1. The molecule has 1 N–H and O–H groups in total. The maximum atomic E-state index is 8.71. The number of anilines is 1. The van der Waals surface area contributed by atoms with Gasteiger partial charge in [-0.2, -0.15) is 0 Å². The first kappa shape index (κ1) is 12.9. The summed E-state index contributed by atoms with van der Waals surface area (Å²) in [5.41, 5.74) is 4.97. The molecule has 0 spiro atoms. The van der Waals surface area contributed by atoms with Crippen molar-refractivity contribution in [3.63, 3.8) is 0 Å². The first-order valence-corrected chi connectivity index (χ1v) is 6.42. The monoisotopic (exact) mass is 246 g/mol. The van der Waals surface area contributed by atoms with E-state index in [9.17, 15) is 0 Å². The lowest BCUT2D eigenvalue weighted by Gasteiger charge is -2.45. The molecule has 0 amide bonds. The molecule has 1 aliphatic heterocycles. The second kappa shape index (κ2) is 4.30. The van der Waals surface area contributed by atoms with Crippen LogP contribution >= 0.6 is 0 Å². The molecule has 0 aliphatic carbocycles. The molecule has 0 saturated heterocycles. The third kappa shape index (κ3) is 1.98. The zero-order valence-corrected chi connectivity index (χ0v) is 11.9. The van der Waals surface area contributed by atoms with Gasteiger partial charge in [0, 0.05) is 18.3 Å². The Labute approximate surface area is 109 Å². The second-order valence-corrected chi connectivity index (χ2v) is 5.99. The zero-order chi connectivity index (χ0) is 13.5. The van der Waals surface area contributed by atoms with Crippen LogP contribution in [0.4, 0.5) is 5.69 Å². The van der Waals surface area contributed by atoms with Crippen LogP contribution in [0, 0.1) is 6.92 Å². The molecule has 1 atom stereocenters. The molecule has 98 valence electrons. The highest BCUT2D eigenvalue weighted by Crippen LogP contribution is 2.43. The number of benzene rings is 1. The van der Waals surface area contributed by atoms with Crippen LogP contribution in [0.15, 0.2) is 17.3 Å². The SMILES string of the molecule is Cc1cc2c(cc1C=NO)C(C)CC(C)(C)N2C. The summed E-state index contributed by atoms with van der Waals surface area (Å²) in [5, 5.41) is 11.9. The van der Waals surface area contributed by atoms with Crippen molar-refractivity contribution < 1.29 is 5.21 Å². The van der Waals surface area contributed by atoms with Crippen LogP contribution in [0.1, 0.15) is 49.8 Å². The molecular weight excluding hydrogens is 224 g/mol. The largest absolute Gasteiger partial charge is 0.411 e. The van der Waals surface area contributed by atoms with Crippen molar-refractivity contribution in [2.45, 2.75) is 45.6 Å². The molecule has 1 unspecified atom stereocenters. The third-order valence-electron chi connectivity index (χ3n) is 4.22. The third-order valence-corrected chi connectivity index (χ3v) is 4.22. The van der Waals surface area contributed by atoms with Crippen molar-refractivity contribution in [2.24, 2.45) is 5.16 Å². The van der Waals surface area contributed by atoms with Crippen LogP contribution in [-0.2, 0) is 0 Å². The Morgan fingerprint density at radius 2 is 2.11 bits per heavy atom. The Morgan fingerprint density at radius 3 is 2.72 bits per heavy atom. The van der Waals surface area contributed by atoms with Gasteiger partial charge in [-0.3, -0.25) is 0 Å². The summed E-state index contributed by atoms with van der Waals surface area (Å²) in [6.45, 7) is 8.88. The quantitative estimate of drug-likeness (QED) is 0.467. The first-order valence-electron chi connectivity index (χ1n) is 6.42. The minimum absolute atomic E-state index is 0.186. The molecular formula is C15H22N2O. The Hall–Kier alpha value is -1.51. The predicted octanol–water partition coefficient (Wildman–Crippen LogP) is 3.53. The summed E-state index contributed by atoms with van der Waals surface area (Å²) in [4.78, 5) is 2.36. The van der Waals surface area contributed by atoms with Gasteiger partial charge in [0.15, 0.2) is 0 Å². The van der Waals surface area contributed by atoms with Crippen LogP contribution in [0.3, 0.4) is 0 Å². The fourth-order valence-corrected chi connectivity index (χ4v) is 2.94. The van der Waals surface area contributed by atoms with E-state index in [2.05, 4.69) is 56.9 Å². The number of nitrogens with zero attached hydrogens (tertiary/aromatic N) is 2. The highest BCUT2D eigenvalue weighted by Gasteiger charge is 2.34. The van der Waals surface area contributed by atoms with E-state index in [1.54, 1.807) is 0 Å². The van der Waals surface area contributed by atoms with E-state index < -0.39 is 0 Å². The zero-order valence-electron chi connectivity index (χ0n) is 11.9. The molecule has 0 radical (unpaired) electrons. The van der Waals surface area contributed by atoms with Crippen molar-refractivity contribution in [1.82, 2.24) is 0 Å². The molecule has 1 aromatic carbocycles. The summed E-state index contributed by atoms with van der Waals surface area (Å²) in [6.07, 6.45) is 2.65. The molecule has 0 bridgehead atoms. The average molecular weight is 246 g/mol. The molecule has 1 aliphatic rings. The molecule has 0 fully saturated rings. The van der Waals surface area contributed by atoms with Gasteiger partial charge in [-0.1, -0.05) is 12.1 Å². The standard InChI is InChI=1S/C15H22N2O/c1-10-6-14-13(7-12(10)9-16-18)11(2)8-15(3,4)17(14)5/h6-7,9,11,18H,8H2,1-5H3. The van der Waals surface area contributed by atoms with E-state index in [1.807, 2.05) is 0 Å². The van der Waals surface area contributed by atoms with E-state index in [1.165, 1.54) is 17.5 Å². The summed E-state index contributed by atoms with van der Waals surface area (Å²) in [6, 6.07) is 4.35. The number of aryl methyl sites for hydroxylation is 1. The molecule has 1 heterocycles. The van der Waals surface area contributed by atoms with Gasteiger partial charge in [0.2, 0.25) is 0 Å². The smallest absolute Gasteiger partial charge is 0.0736 e. The highest BCUT2D eigenvalue weighted by atomic mass is 16.4. The second-order valence-electron chi connectivity index (χ2n) is 5.99. The van der Waals surface area contributed by atoms with E-state index in [-0.39, 0.29) is 5.54 Å². The fourth-order valence-electron chi connectivity index (χ4n) is 2.94. The van der Waals surface area contributed by atoms with Gasteiger partial charge in [-0.15, -0.1) is 0 Å². The predicted molar refractivity (Wildman–Crippen MR) is 76.1 cm³/mol. The normalized spacial score (nSPS) is 22.3. The van der Waals surface area contributed by atoms with Crippen molar-refractivity contribution in [1.29, 1.82) is 0 Å². The van der Waals surface area contributed by atoms with Crippen LogP contribution in [0.5, 0.6) is 0 Å². The van der Waals surface area contributed by atoms with Crippen molar-refractivity contribution in [3.05, 3.63) is 28.8 Å². The molecule has 3 heteroatoms. The van der Waals surface area contributed by atoms with Gasteiger partial charge < -0.3 is 10.1 Å². The van der Waals surface area contributed by atoms with Gasteiger partial charge in [-0.25, -0.2) is 0 Å². The summed E-state index contributed by atoms with van der Waals surface area (Å²) < 4.78 is 0. The van der Waals surface area contributed by atoms with Gasteiger partial charge in [-0.05, 0) is 61.9 Å². The summed E-state index contributed by atoms with van der Waals surface area (Å²) in [7, 11) is 2.16. The van der Waals surface area contributed by atoms with Gasteiger partial charge >= 0.3 is 0 Å². The van der Waals surface area contributed by atoms with Crippen LogP contribution in [0.25, 0.3) is 0 Å². The van der Waals surface area contributed by atoms with Crippen molar-refractivity contribution >= 4 is 11.9 Å². The van der Waals surface area contributed by atoms with Crippen molar-refractivity contribution in [2.75, 3.05) is 11.9 Å². The number of hydrogen-bond donors (Lipinski definition) is 1. The Balaban J connectivity index is 2.58. The first-order chi connectivity index (χ1) is 8.36. The fraction of sp³-hybridized carbons (Fsp3) is 0.533. The Morgan fingerprint density at radius 1 is 1.44 bits per heavy atom. The van der Waals surface area contributed by atoms with E-state index >= 15 is 0 Å². The minimum Gasteiger partial charge on any atom is -0.411 e. The Kier molecular flexibility index (Phi) is 3.09. The molecule has 0 aromatic heterocycles. The Bertz CT molecular complexity index is 492. The molecule has 0 saturated carbocycles. The number of hydrogen-bond acceptors (Lipinski definition) is 3. The number of fused-ring (bicyclic) bond motifs is 1. The van der Waals surface area contributed by atoms with Crippen LogP contribution < -0.4 is 4.90 Å².